The summed E-state index contributed by atoms with van der Waals surface area (Å²) in [5, 5.41) is 11.8. The number of hydrogen-bond donors (Lipinski definition) is 1. The second-order valence-corrected chi connectivity index (χ2v) is 14.0. The molecule has 1 saturated heterocycles. The van der Waals surface area contributed by atoms with Crippen LogP contribution in [0.25, 0.3) is 0 Å². The summed E-state index contributed by atoms with van der Waals surface area (Å²) in [7, 11) is -4.11. The Labute approximate surface area is 258 Å². The number of rotatable bonds is 7. The van der Waals surface area contributed by atoms with Crippen molar-refractivity contribution in [2.45, 2.75) is 75.4 Å². The summed E-state index contributed by atoms with van der Waals surface area (Å²) < 4.78 is 31.0. The Morgan fingerprint density at radius 3 is 2.64 bits per heavy atom. The summed E-state index contributed by atoms with van der Waals surface area (Å²) >= 11 is 0. The van der Waals surface area contributed by atoms with Crippen LogP contribution in [0.2, 0.25) is 0 Å². The van der Waals surface area contributed by atoms with E-state index in [0.717, 1.165) is 35.7 Å². The number of likely N-dealkylation sites (tertiary alicyclic amines) is 1. The summed E-state index contributed by atoms with van der Waals surface area (Å²) in [5.41, 5.74) is 5.81. The lowest BCUT2D eigenvalue weighted by Crippen LogP contribution is -2.52. The molecule has 0 bridgehead atoms. The van der Waals surface area contributed by atoms with Gasteiger partial charge in [0.05, 0.1) is 22.3 Å². The second kappa shape index (κ2) is 11.8. The van der Waals surface area contributed by atoms with Crippen LogP contribution in [0.5, 0.6) is 0 Å². The van der Waals surface area contributed by atoms with E-state index in [9.17, 15) is 13.2 Å². The van der Waals surface area contributed by atoms with E-state index < -0.39 is 22.0 Å². The number of amides is 1. The smallest absolute Gasteiger partial charge is 0.266 e. The molecule has 0 radical (unpaired) electrons. The van der Waals surface area contributed by atoms with Crippen molar-refractivity contribution in [1.29, 1.82) is 0 Å². The Hall–Kier alpha value is -4.09. The number of anilines is 2. The zero-order valence-electron chi connectivity index (χ0n) is 24.9. The highest BCUT2D eigenvalue weighted by atomic mass is 32.2. The maximum atomic E-state index is 14.0. The molecule has 2 aliphatic heterocycles. The zero-order chi connectivity index (χ0) is 30.3. The normalized spacial score (nSPS) is 20.6. The summed E-state index contributed by atoms with van der Waals surface area (Å²) in [6.07, 6.45) is 10.4. The Bertz CT molecular complexity index is 1780. The molecule has 2 aromatic carbocycles. The number of hydrogen-bond acceptors (Lipinski definition) is 7. The maximum Gasteiger partial charge on any atom is 0.266 e. The average Bonchev–Trinajstić information content (AvgIpc) is 3.50. The monoisotopic (exact) mass is 611 g/mol. The van der Waals surface area contributed by atoms with E-state index in [1.165, 1.54) is 55.2 Å². The number of sulfonamides is 1. The highest BCUT2D eigenvalue weighted by Gasteiger charge is 2.42. The Balaban J connectivity index is 1.16. The fourth-order valence-corrected chi connectivity index (χ4v) is 8.35. The minimum absolute atomic E-state index is 0.0407. The number of nitrogens with one attached hydrogen (secondary N) is 1. The summed E-state index contributed by atoms with van der Waals surface area (Å²) in [6, 6.07) is 15.7. The van der Waals surface area contributed by atoms with Gasteiger partial charge in [0.15, 0.2) is 5.82 Å². The van der Waals surface area contributed by atoms with Gasteiger partial charge >= 0.3 is 0 Å². The molecule has 2 atom stereocenters. The van der Waals surface area contributed by atoms with Gasteiger partial charge in [-0.15, -0.1) is 5.10 Å². The van der Waals surface area contributed by atoms with Crippen molar-refractivity contribution in [2.24, 2.45) is 0 Å². The molecule has 1 amide bonds. The Kier molecular flexibility index (Phi) is 7.67. The lowest BCUT2D eigenvalue weighted by Gasteiger charge is -2.35. The van der Waals surface area contributed by atoms with Crippen LogP contribution < -0.4 is 9.62 Å². The van der Waals surface area contributed by atoms with Crippen molar-refractivity contribution in [2.75, 3.05) is 22.7 Å². The second-order valence-electron chi connectivity index (χ2n) is 12.2. The molecule has 11 heteroatoms. The van der Waals surface area contributed by atoms with E-state index in [2.05, 4.69) is 43.7 Å². The van der Waals surface area contributed by atoms with Gasteiger partial charge < -0.3 is 5.32 Å². The van der Waals surface area contributed by atoms with Crippen molar-refractivity contribution < 1.29 is 13.2 Å². The van der Waals surface area contributed by atoms with E-state index >= 15 is 0 Å². The van der Waals surface area contributed by atoms with Crippen LogP contribution >= 0.6 is 0 Å². The fraction of sp³-hybridized carbons (Fsp3) is 0.394. The molecular formula is C33H37N7O3S. The third-order valence-corrected chi connectivity index (χ3v) is 10.9. The SMILES string of the molecule is Cc1ccc(S(=O)(=O)N2c3ncccc3NC(=O)C2Cc2cn([C@@H]3CCCc4cc(CN5CCCCC5)ccc43)nn2)cc1. The number of aromatic nitrogens is 4. The molecule has 1 N–H and O–H groups in total. The average molecular weight is 612 g/mol. The Morgan fingerprint density at radius 2 is 1.82 bits per heavy atom. The van der Waals surface area contributed by atoms with Gasteiger partial charge in [0.2, 0.25) is 5.91 Å². The minimum Gasteiger partial charge on any atom is -0.321 e. The predicted octanol–water partition coefficient (Wildman–Crippen LogP) is 4.65. The number of carbonyl (C=O) groups excluding carboxylic acids is 1. The molecule has 1 aliphatic carbocycles. The number of nitrogens with zero attached hydrogens (tertiary/aromatic N) is 6. The van der Waals surface area contributed by atoms with E-state index in [0.29, 0.717) is 11.4 Å². The first kappa shape index (κ1) is 28.7. The van der Waals surface area contributed by atoms with Crippen molar-refractivity contribution >= 4 is 27.4 Å². The first-order chi connectivity index (χ1) is 21.4. The highest BCUT2D eigenvalue weighted by Crippen LogP contribution is 2.36. The quantitative estimate of drug-likeness (QED) is 0.324. The molecule has 2 aromatic heterocycles. The fourth-order valence-electron chi connectivity index (χ4n) is 6.77. The van der Waals surface area contributed by atoms with Crippen LogP contribution in [0, 0.1) is 6.92 Å². The third kappa shape index (κ3) is 5.50. The molecular weight excluding hydrogens is 574 g/mol. The van der Waals surface area contributed by atoms with Crippen LogP contribution in [0.15, 0.2) is 71.9 Å². The minimum atomic E-state index is -4.11. The molecule has 3 aliphatic rings. The molecule has 4 aromatic rings. The molecule has 0 spiro atoms. The molecule has 0 saturated carbocycles. The first-order valence-electron chi connectivity index (χ1n) is 15.5. The summed E-state index contributed by atoms with van der Waals surface area (Å²) in [5.74, 6) is -0.244. The van der Waals surface area contributed by atoms with Gasteiger partial charge in [0.1, 0.15) is 6.04 Å². The number of benzene rings is 2. The molecule has 228 valence electrons. The van der Waals surface area contributed by atoms with Gasteiger partial charge in [0, 0.05) is 25.4 Å². The zero-order valence-corrected chi connectivity index (χ0v) is 25.7. The van der Waals surface area contributed by atoms with Crippen molar-refractivity contribution in [1.82, 2.24) is 24.9 Å². The number of fused-ring (bicyclic) bond motifs is 2. The van der Waals surface area contributed by atoms with Gasteiger partial charge in [0.25, 0.3) is 10.0 Å². The summed E-state index contributed by atoms with van der Waals surface area (Å²) in [4.78, 5) is 20.5. The standard InChI is InChI=1S/C33H37N7O3S/c1-23-10-13-27(14-11-23)44(42,43)40-31(33(41)35-29-8-6-16-34-32(29)40)20-26-22-39(37-36-26)30-9-5-7-25-19-24(12-15-28(25)30)21-38-17-3-2-4-18-38/h6,8,10-16,19,22,30-31H,2-5,7,9,17-18,20-21H2,1H3,(H,35,41)/t30-,31?/m1/s1. The molecule has 4 heterocycles. The highest BCUT2D eigenvalue weighted by molar-refractivity contribution is 7.93. The number of piperidine rings is 1. The molecule has 1 fully saturated rings. The number of pyridine rings is 1. The van der Waals surface area contributed by atoms with Crippen LogP contribution in [-0.4, -0.2) is 58.3 Å². The van der Waals surface area contributed by atoms with Crippen LogP contribution in [0.4, 0.5) is 11.5 Å². The Morgan fingerprint density at radius 1 is 1.00 bits per heavy atom. The van der Waals surface area contributed by atoms with Crippen molar-refractivity contribution in [3.63, 3.8) is 0 Å². The lowest BCUT2D eigenvalue weighted by atomic mass is 9.86. The number of aryl methyl sites for hydroxylation is 2. The summed E-state index contributed by atoms with van der Waals surface area (Å²) in [6.45, 7) is 5.24. The van der Waals surface area contributed by atoms with E-state index in [1.54, 1.807) is 36.4 Å². The topological polar surface area (TPSA) is 113 Å². The number of carbonyl (C=O) groups is 1. The molecule has 10 nitrogen and oxygen atoms in total. The van der Waals surface area contributed by atoms with Crippen LogP contribution in [0.3, 0.4) is 0 Å². The van der Waals surface area contributed by atoms with Crippen molar-refractivity contribution in [3.05, 3.63) is 94.9 Å². The van der Waals surface area contributed by atoms with E-state index in [1.807, 2.05) is 17.8 Å². The van der Waals surface area contributed by atoms with Crippen molar-refractivity contribution in [3.8, 4) is 0 Å². The van der Waals surface area contributed by atoms with Gasteiger partial charge in [-0.05, 0) is 93.1 Å². The van der Waals surface area contributed by atoms with Gasteiger partial charge in [-0.25, -0.2) is 22.4 Å². The maximum absolute atomic E-state index is 14.0. The van der Waals surface area contributed by atoms with Gasteiger partial charge in [-0.1, -0.05) is 47.5 Å². The molecule has 44 heavy (non-hydrogen) atoms. The van der Waals surface area contributed by atoms with Gasteiger partial charge in [-0.2, -0.15) is 0 Å². The van der Waals surface area contributed by atoms with Crippen LogP contribution in [-0.2, 0) is 34.2 Å². The van der Waals surface area contributed by atoms with Gasteiger partial charge in [-0.3, -0.25) is 9.69 Å². The predicted molar refractivity (Wildman–Crippen MR) is 168 cm³/mol. The molecule has 7 rings (SSSR count). The largest absolute Gasteiger partial charge is 0.321 e. The van der Waals surface area contributed by atoms with E-state index in [-0.39, 0.29) is 23.2 Å². The first-order valence-corrected chi connectivity index (χ1v) is 16.9. The van der Waals surface area contributed by atoms with Crippen LogP contribution in [0.1, 0.15) is 66.1 Å². The third-order valence-electron chi connectivity index (χ3n) is 9.04. The lowest BCUT2D eigenvalue weighted by molar-refractivity contribution is -0.117. The molecule has 1 unspecified atom stereocenters. The van der Waals surface area contributed by atoms with E-state index in [4.69, 9.17) is 0 Å².